The van der Waals surface area contributed by atoms with Crippen LogP contribution in [0.1, 0.15) is 5.56 Å². The highest BCUT2D eigenvalue weighted by atomic mass is 19.4. The Morgan fingerprint density at radius 2 is 1.64 bits per heavy atom. The maximum Gasteiger partial charge on any atom is 0.573 e. The molecule has 0 spiro atoms. The second-order valence-electron chi connectivity index (χ2n) is 5.42. The SMILES string of the molecule is COc1cc(NC(=O)NCc2cccc(OC(F)(F)F)c2)cc(OC)c1OC. The Hall–Kier alpha value is -3.30. The van der Waals surface area contributed by atoms with Crippen molar-refractivity contribution in [3.63, 3.8) is 0 Å². The minimum atomic E-state index is -4.78. The topological polar surface area (TPSA) is 78.1 Å². The Bertz CT molecular complexity index is 802. The van der Waals surface area contributed by atoms with E-state index in [9.17, 15) is 18.0 Å². The van der Waals surface area contributed by atoms with Crippen molar-refractivity contribution < 1.29 is 36.9 Å². The van der Waals surface area contributed by atoms with Gasteiger partial charge in [-0.2, -0.15) is 0 Å². The van der Waals surface area contributed by atoms with Gasteiger partial charge in [-0.15, -0.1) is 13.2 Å². The number of amides is 2. The molecule has 2 N–H and O–H groups in total. The number of methoxy groups -OCH3 is 3. The molecule has 0 saturated heterocycles. The average molecular weight is 400 g/mol. The molecule has 2 aromatic carbocycles. The zero-order valence-corrected chi connectivity index (χ0v) is 15.3. The molecule has 0 atom stereocenters. The van der Waals surface area contributed by atoms with E-state index in [0.717, 1.165) is 0 Å². The van der Waals surface area contributed by atoms with Crippen LogP contribution in [-0.4, -0.2) is 33.7 Å². The Kier molecular flexibility index (Phi) is 6.80. The van der Waals surface area contributed by atoms with Crippen molar-refractivity contribution in [2.75, 3.05) is 26.6 Å². The Balaban J connectivity index is 2.02. The maximum atomic E-state index is 12.3. The molecule has 0 aliphatic carbocycles. The summed E-state index contributed by atoms with van der Waals surface area (Å²) in [6, 6.07) is 7.83. The van der Waals surface area contributed by atoms with E-state index in [-0.39, 0.29) is 12.3 Å². The van der Waals surface area contributed by atoms with Crippen LogP contribution in [0.4, 0.5) is 23.7 Å². The largest absolute Gasteiger partial charge is 0.573 e. The quantitative estimate of drug-likeness (QED) is 0.736. The van der Waals surface area contributed by atoms with Crippen molar-refractivity contribution in [2.24, 2.45) is 0 Å². The monoisotopic (exact) mass is 400 g/mol. The fourth-order valence-corrected chi connectivity index (χ4v) is 2.36. The summed E-state index contributed by atoms with van der Waals surface area (Å²) in [6.45, 7) is -0.00862. The second-order valence-corrected chi connectivity index (χ2v) is 5.42. The number of hydrogen-bond acceptors (Lipinski definition) is 5. The van der Waals surface area contributed by atoms with Gasteiger partial charge in [0.15, 0.2) is 11.5 Å². The Morgan fingerprint density at radius 1 is 1.00 bits per heavy atom. The highest BCUT2D eigenvalue weighted by molar-refractivity contribution is 5.90. The van der Waals surface area contributed by atoms with Crippen molar-refractivity contribution in [2.45, 2.75) is 12.9 Å². The van der Waals surface area contributed by atoms with Crippen LogP contribution < -0.4 is 29.6 Å². The highest BCUT2D eigenvalue weighted by Gasteiger charge is 2.31. The number of urea groups is 1. The lowest BCUT2D eigenvalue weighted by Crippen LogP contribution is -2.28. The number of benzene rings is 2. The summed E-state index contributed by atoms with van der Waals surface area (Å²) in [7, 11) is 4.34. The Labute approximate surface area is 159 Å². The van der Waals surface area contributed by atoms with Crippen molar-refractivity contribution in [3.8, 4) is 23.0 Å². The molecule has 2 rings (SSSR count). The molecule has 28 heavy (non-hydrogen) atoms. The lowest BCUT2D eigenvalue weighted by molar-refractivity contribution is -0.274. The summed E-state index contributed by atoms with van der Waals surface area (Å²) in [5.74, 6) is 0.720. The third-order valence-electron chi connectivity index (χ3n) is 3.51. The van der Waals surface area contributed by atoms with Crippen LogP contribution >= 0.6 is 0 Å². The van der Waals surface area contributed by atoms with Crippen molar-refractivity contribution in [3.05, 3.63) is 42.0 Å². The van der Waals surface area contributed by atoms with Gasteiger partial charge in [0.25, 0.3) is 0 Å². The number of halogens is 3. The molecular formula is C18H19F3N2O5. The Morgan fingerprint density at radius 3 is 2.18 bits per heavy atom. The predicted molar refractivity (Wildman–Crippen MR) is 95.1 cm³/mol. The van der Waals surface area contributed by atoms with Crippen LogP contribution in [0, 0.1) is 0 Å². The van der Waals surface area contributed by atoms with Gasteiger partial charge in [0.05, 0.1) is 27.0 Å². The number of nitrogens with one attached hydrogen (secondary N) is 2. The van der Waals surface area contributed by atoms with Crippen LogP contribution in [0.15, 0.2) is 36.4 Å². The first kappa shape index (κ1) is 21.0. The van der Waals surface area contributed by atoms with E-state index in [0.29, 0.717) is 28.5 Å². The molecule has 152 valence electrons. The molecule has 0 aliphatic rings. The zero-order valence-electron chi connectivity index (χ0n) is 15.3. The van der Waals surface area contributed by atoms with E-state index in [1.807, 2.05) is 0 Å². The van der Waals surface area contributed by atoms with Gasteiger partial charge in [-0.25, -0.2) is 4.79 Å². The number of rotatable bonds is 7. The molecule has 0 heterocycles. The highest BCUT2D eigenvalue weighted by Crippen LogP contribution is 2.39. The zero-order chi connectivity index (χ0) is 20.7. The molecule has 2 aromatic rings. The molecule has 2 amide bonds. The van der Waals surface area contributed by atoms with Crippen LogP contribution in [-0.2, 0) is 6.54 Å². The van der Waals surface area contributed by atoms with Crippen LogP contribution in [0.5, 0.6) is 23.0 Å². The summed E-state index contributed by atoms with van der Waals surface area (Å²) in [5.41, 5.74) is 0.808. The van der Waals surface area contributed by atoms with E-state index >= 15 is 0 Å². The summed E-state index contributed by atoms with van der Waals surface area (Å²) >= 11 is 0. The molecular weight excluding hydrogens is 381 g/mol. The third kappa shape index (κ3) is 5.86. The first-order valence-corrected chi connectivity index (χ1v) is 7.95. The number of alkyl halides is 3. The first-order valence-electron chi connectivity index (χ1n) is 7.95. The van der Waals surface area contributed by atoms with E-state index < -0.39 is 12.4 Å². The van der Waals surface area contributed by atoms with Crippen LogP contribution in [0.3, 0.4) is 0 Å². The second kappa shape index (κ2) is 9.07. The number of hydrogen-bond donors (Lipinski definition) is 2. The van der Waals surface area contributed by atoms with Gasteiger partial charge in [0.1, 0.15) is 5.75 Å². The average Bonchev–Trinajstić information content (AvgIpc) is 2.64. The first-order chi connectivity index (χ1) is 13.3. The van der Waals surface area contributed by atoms with Crippen LogP contribution in [0.25, 0.3) is 0 Å². The molecule has 0 aromatic heterocycles. The molecule has 10 heteroatoms. The molecule has 7 nitrogen and oxygen atoms in total. The molecule has 0 bridgehead atoms. The lowest BCUT2D eigenvalue weighted by atomic mass is 10.2. The third-order valence-corrected chi connectivity index (χ3v) is 3.51. The van der Waals surface area contributed by atoms with Crippen molar-refractivity contribution in [1.29, 1.82) is 0 Å². The summed E-state index contributed by atoms with van der Waals surface area (Å²) in [6.07, 6.45) is -4.78. The van der Waals surface area contributed by atoms with Gasteiger partial charge in [-0.1, -0.05) is 12.1 Å². The van der Waals surface area contributed by atoms with Gasteiger partial charge in [-0.05, 0) is 17.7 Å². The van der Waals surface area contributed by atoms with E-state index in [4.69, 9.17) is 14.2 Å². The number of carbonyl (C=O) groups excluding carboxylic acids is 1. The fourth-order valence-electron chi connectivity index (χ4n) is 2.36. The summed E-state index contributed by atoms with van der Waals surface area (Å²) in [5, 5.41) is 5.13. The maximum absolute atomic E-state index is 12.3. The smallest absolute Gasteiger partial charge is 0.493 e. The standard InChI is InChI=1S/C18H19F3N2O5/c1-25-14-8-12(9-15(26-2)16(14)27-3)23-17(24)22-10-11-5-4-6-13(7-11)28-18(19,20)21/h4-9H,10H2,1-3H3,(H2,22,23,24). The van der Waals surface area contributed by atoms with Crippen molar-refractivity contribution in [1.82, 2.24) is 5.32 Å². The number of carbonyl (C=O) groups is 1. The van der Waals surface area contributed by atoms with Gasteiger partial charge < -0.3 is 29.6 Å². The molecule has 0 radical (unpaired) electrons. The molecule has 0 fully saturated rings. The van der Waals surface area contributed by atoms with Gasteiger partial charge in [-0.3, -0.25) is 0 Å². The fraction of sp³-hybridized carbons (Fsp3) is 0.278. The molecule has 0 unspecified atom stereocenters. The summed E-state index contributed by atoms with van der Waals surface area (Å²) < 4.78 is 56.3. The van der Waals surface area contributed by atoms with E-state index in [2.05, 4.69) is 15.4 Å². The minimum Gasteiger partial charge on any atom is -0.493 e. The lowest BCUT2D eigenvalue weighted by Gasteiger charge is -2.15. The molecule has 0 saturated carbocycles. The van der Waals surface area contributed by atoms with Crippen molar-refractivity contribution >= 4 is 11.7 Å². The summed E-state index contributed by atoms with van der Waals surface area (Å²) in [4.78, 5) is 12.1. The molecule has 0 aliphatic heterocycles. The van der Waals surface area contributed by atoms with E-state index in [1.54, 1.807) is 18.2 Å². The van der Waals surface area contributed by atoms with Gasteiger partial charge >= 0.3 is 12.4 Å². The van der Waals surface area contributed by atoms with Crippen LogP contribution in [0.2, 0.25) is 0 Å². The van der Waals surface area contributed by atoms with Gasteiger partial charge in [0.2, 0.25) is 5.75 Å². The minimum absolute atomic E-state index is 0.00862. The number of ether oxygens (including phenoxy) is 4. The van der Waals surface area contributed by atoms with Gasteiger partial charge in [0, 0.05) is 18.7 Å². The van der Waals surface area contributed by atoms with E-state index in [1.165, 1.54) is 39.5 Å². The normalized spacial score (nSPS) is 10.8. The number of anilines is 1. The predicted octanol–water partition coefficient (Wildman–Crippen LogP) is 3.93.